The third kappa shape index (κ3) is 5.19. The van der Waals surface area contributed by atoms with Crippen LogP contribution in [0.25, 0.3) is 0 Å². The molecule has 0 spiro atoms. The first-order valence-corrected chi connectivity index (χ1v) is 11.2. The number of nitrogens with zero attached hydrogens (tertiary/aromatic N) is 4. The van der Waals surface area contributed by atoms with Gasteiger partial charge in [0.2, 0.25) is 0 Å². The summed E-state index contributed by atoms with van der Waals surface area (Å²) < 4.78 is 5.24. The molecule has 3 heterocycles. The molecule has 1 fully saturated rings. The molecule has 1 saturated heterocycles. The van der Waals surface area contributed by atoms with Gasteiger partial charge in [0.15, 0.2) is 11.7 Å². The molecular weight excluding hydrogens is 386 g/mol. The Morgan fingerprint density at radius 2 is 1.97 bits per heavy atom. The van der Waals surface area contributed by atoms with Gasteiger partial charge in [-0.15, -0.1) is 0 Å². The molecule has 1 N–H and O–H groups in total. The topological polar surface area (TPSA) is 64.3 Å². The van der Waals surface area contributed by atoms with E-state index in [0.717, 1.165) is 38.7 Å². The standard InChI is InChI=1S/C21H31N5O2S/c1-4-24(5-2)18(17-8-14-29-16-17)15-23-21(22-3)26-11-9-25(10-12-26)20(27)19-7-6-13-28-19/h6-8,13-14,16,18H,4-5,9-12,15H2,1-3H3,(H,22,23). The molecule has 3 rings (SSSR count). The molecule has 0 bridgehead atoms. The van der Waals surface area contributed by atoms with Crippen molar-refractivity contribution in [3.63, 3.8) is 0 Å². The predicted octanol–water partition coefficient (Wildman–Crippen LogP) is 2.76. The van der Waals surface area contributed by atoms with Crippen LogP contribution < -0.4 is 5.32 Å². The number of thiophene rings is 1. The number of rotatable bonds is 7. The molecule has 0 saturated carbocycles. The van der Waals surface area contributed by atoms with Gasteiger partial charge in [-0.25, -0.2) is 0 Å². The molecule has 29 heavy (non-hydrogen) atoms. The maximum Gasteiger partial charge on any atom is 0.289 e. The molecule has 1 aliphatic rings. The Bertz CT molecular complexity index is 763. The van der Waals surface area contributed by atoms with E-state index in [1.165, 1.54) is 11.8 Å². The maximum absolute atomic E-state index is 12.5. The van der Waals surface area contributed by atoms with E-state index < -0.39 is 0 Å². The number of aliphatic imine (C=N–C) groups is 1. The first kappa shape index (κ1) is 21.4. The van der Waals surface area contributed by atoms with Crippen LogP contribution in [-0.4, -0.2) is 79.4 Å². The number of nitrogens with one attached hydrogen (secondary N) is 1. The number of hydrogen-bond acceptors (Lipinski definition) is 5. The van der Waals surface area contributed by atoms with Gasteiger partial charge in [-0.3, -0.25) is 14.7 Å². The smallest absolute Gasteiger partial charge is 0.289 e. The molecular formula is C21H31N5O2S. The first-order valence-electron chi connectivity index (χ1n) is 10.2. The van der Waals surface area contributed by atoms with Crippen LogP contribution >= 0.6 is 11.3 Å². The Morgan fingerprint density at radius 3 is 2.52 bits per heavy atom. The van der Waals surface area contributed by atoms with Crippen molar-refractivity contribution in [2.75, 3.05) is 52.9 Å². The average molecular weight is 418 g/mol. The van der Waals surface area contributed by atoms with Crippen molar-refractivity contribution in [1.82, 2.24) is 20.0 Å². The number of carbonyl (C=O) groups excluding carboxylic acids is 1. The highest BCUT2D eigenvalue weighted by atomic mass is 32.1. The highest BCUT2D eigenvalue weighted by molar-refractivity contribution is 7.07. The fourth-order valence-corrected chi connectivity index (χ4v) is 4.49. The van der Waals surface area contributed by atoms with Gasteiger partial charge >= 0.3 is 0 Å². The molecule has 1 unspecified atom stereocenters. The normalized spacial score (nSPS) is 16.3. The average Bonchev–Trinajstić information content (AvgIpc) is 3.48. The van der Waals surface area contributed by atoms with Crippen molar-refractivity contribution >= 4 is 23.2 Å². The van der Waals surface area contributed by atoms with E-state index in [4.69, 9.17) is 4.42 Å². The van der Waals surface area contributed by atoms with Gasteiger partial charge in [-0.05, 0) is 47.6 Å². The summed E-state index contributed by atoms with van der Waals surface area (Å²) in [4.78, 5) is 23.5. The van der Waals surface area contributed by atoms with E-state index >= 15 is 0 Å². The zero-order valence-corrected chi connectivity index (χ0v) is 18.3. The highest BCUT2D eigenvalue weighted by Crippen LogP contribution is 2.22. The predicted molar refractivity (Wildman–Crippen MR) is 118 cm³/mol. The van der Waals surface area contributed by atoms with Crippen LogP contribution in [0.1, 0.15) is 36.0 Å². The van der Waals surface area contributed by atoms with Crippen LogP contribution in [0.3, 0.4) is 0 Å². The number of piperazine rings is 1. The summed E-state index contributed by atoms with van der Waals surface area (Å²) in [5, 5.41) is 7.93. The lowest BCUT2D eigenvalue weighted by Crippen LogP contribution is -2.54. The molecule has 0 aliphatic carbocycles. The Morgan fingerprint density at radius 1 is 1.24 bits per heavy atom. The third-order valence-electron chi connectivity index (χ3n) is 5.44. The number of amides is 1. The Hall–Kier alpha value is -2.32. The fraction of sp³-hybridized carbons (Fsp3) is 0.524. The SMILES string of the molecule is CCN(CC)C(CNC(=NC)N1CCN(C(=O)c2ccco2)CC1)c1ccsc1. The molecule has 2 aromatic heterocycles. The van der Waals surface area contributed by atoms with Crippen LogP contribution in [0.2, 0.25) is 0 Å². The Kier molecular flexibility index (Phi) is 7.71. The molecule has 158 valence electrons. The lowest BCUT2D eigenvalue weighted by Gasteiger charge is -2.37. The number of guanidine groups is 1. The third-order valence-corrected chi connectivity index (χ3v) is 6.15. The fourth-order valence-electron chi connectivity index (χ4n) is 3.78. The molecule has 0 radical (unpaired) electrons. The van der Waals surface area contributed by atoms with Crippen LogP contribution in [0.4, 0.5) is 0 Å². The zero-order chi connectivity index (χ0) is 20.6. The lowest BCUT2D eigenvalue weighted by atomic mass is 10.1. The molecule has 0 aromatic carbocycles. The zero-order valence-electron chi connectivity index (χ0n) is 17.5. The van der Waals surface area contributed by atoms with Crippen molar-refractivity contribution in [3.8, 4) is 0 Å². The highest BCUT2D eigenvalue weighted by Gasteiger charge is 2.26. The van der Waals surface area contributed by atoms with Gasteiger partial charge in [-0.1, -0.05) is 13.8 Å². The van der Waals surface area contributed by atoms with Crippen LogP contribution in [-0.2, 0) is 0 Å². The van der Waals surface area contributed by atoms with Gasteiger partial charge in [0.25, 0.3) is 5.91 Å². The van der Waals surface area contributed by atoms with Crippen molar-refractivity contribution in [3.05, 3.63) is 46.5 Å². The van der Waals surface area contributed by atoms with E-state index in [9.17, 15) is 4.79 Å². The quantitative estimate of drug-likeness (QED) is 0.554. The minimum atomic E-state index is -0.0448. The number of carbonyl (C=O) groups is 1. The number of hydrogen-bond donors (Lipinski definition) is 1. The molecule has 8 heteroatoms. The van der Waals surface area contributed by atoms with Crippen molar-refractivity contribution < 1.29 is 9.21 Å². The number of furan rings is 1. The summed E-state index contributed by atoms with van der Waals surface area (Å²) in [6.45, 7) is 10.0. The maximum atomic E-state index is 12.5. The second-order valence-electron chi connectivity index (χ2n) is 6.98. The van der Waals surface area contributed by atoms with E-state index in [0.29, 0.717) is 24.9 Å². The Balaban J connectivity index is 1.57. The van der Waals surface area contributed by atoms with Crippen molar-refractivity contribution in [1.29, 1.82) is 0 Å². The van der Waals surface area contributed by atoms with Gasteiger partial charge in [-0.2, -0.15) is 11.3 Å². The van der Waals surface area contributed by atoms with Crippen molar-refractivity contribution in [2.24, 2.45) is 4.99 Å². The summed E-state index contributed by atoms with van der Waals surface area (Å²) >= 11 is 1.74. The summed E-state index contributed by atoms with van der Waals surface area (Å²) in [7, 11) is 1.82. The molecule has 2 aromatic rings. The second-order valence-corrected chi connectivity index (χ2v) is 7.76. The van der Waals surface area contributed by atoms with E-state index in [2.05, 4.69) is 50.8 Å². The van der Waals surface area contributed by atoms with E-state index in [1.807, 2.05) is 11.9 Å². The second kappa shape index (κ2) is 10.5. The van der Waals surface area contributed by atoms with E-state index in [1.54, 1.807) is 23.5 Å². The Labute approximate surface area is 177 Å². The molecule has 1 aliphatic heterocycles. The molecule has 7 nitrogen and oxygen atoms in total. The molecule has 1 atom stereocenters. The van der Waals surface area contributed by atoms with Crippen LogP contribution in [0.15, 0.2) is 44.6 Å². The summed E-state index contributed by atoms with van der Waals surface area (Å²) in [6, 6.07) is 5.98. The summed E-state index contributed by atoms with van der Waals surface area (Å²) in [5.41, 5.74) is 1.34. The minimum Gasteiger partial charge on any atom is -0.459 e. The van der Waals surface area contributed by atoms with Gasteiger partial charge in [0, 0.05) is 39.8 Å². The minimum absolute atomic E-state index is 0.0448. The van der Waals surface area contributed by atoms with Crippen LogP contribution in [0.5, 0.6) is 0 Å². The monoisotopic (exact) mass is 417 g/mol. The summed E-state index contributed by atoms with van der Waals surface area (Å²) in [5.74, 6) is 1.25. The van der Waals surface area contributed by atoms with Crippen molar-refractivity contribution in [2.45, 2.75) is 19.9 Å². The lowest BCUT2D eigenvalue weighted by molar-refractivity contribution is 0.0657. The molecule has 1 amide bonds. The van der Waals surface area contributed by atoms with Crippen LogP contribution in [0, 0.1) is 0 Å². The summed E-state index contributed by atoms with van der Waals surface area (Å²) in [6.07, 6.45) is 1.54. The van der Waals surface area contributed by atoms with Gasteiger partial charge < -0.3 is 19.5 Å². The van der Waals surface area contributed by atoms with Gasteiger partial charge in [0.05, 0.1) is 12.3 Å². The largest absolute Gasteiger partial charge is 0.459 e. The first-order chi connectivity index (χ1) is 14.2. The number of likely N-dealkylation sites (N-methyl/N-ethyl adjacent to an activating group) is 1. The van der Waals surface area contributed by atoms with E-state index in [-0.39, 0.29) is 5.91 Å². The van der Waals surface area contributed by atoms with Gasteiger partial charge in [0.1, 0.15) is 0 Å².